The van der Waals surface area contributed by atoms with E-state index >= 15 is 0 Å². The molecule has 0 aliphatic rings. The molecule has 2 heterocycles. The molecule has 1 N–H and O–H groups in total. The summed E-state index contributed by atoms with van der Waals surface area (Å²) >= 11 is 0. The lowest BCUT2D eigenvalue weighted by Gasteiger charge is -2.13. The van der Waals surface area contributed by atoms with E-state index in [4.69, 9.17) is 9.47 Å². The minimum Gasteiger partial charge on any atom is -0.493 e. The Morgan fingerprint density at radius 2 is 1.77 bits per heavy atom. The van der Waals surface area contributed by atoms with E-state index in [-0.39, 0.29) is 17.7 Å². The minimum atomic E-state index is -0.425. The van der Waals surface area contributed by atoms with E-state index < -0.39 is 5.91 Å². The Kier molecular flexibility index (Phi) is 7.57. The number of aryl methyl sites for hydroxylation is 1. The van der Waals surface area contributed by atoms with Crippen molar-refractivity contribution in [1.29, 1.82) is 0 Å². The molecular weight excluding hydrogens is 442 g/mol. The van der Waals surface area contributed by atoms with Gasteiger partial charge >= 0.3 is 0 Å². The van der Waals surface area contributed by atoms with Crippen LogP contribution in [0.1, 0.15) is 32.6 Å². The van der Waals surface area contributed by atoms with E-state index in [9.17, 15) is 9.59 Å². The maximum absolute atomic E-state index is 12.9. The third-order valence-corrected chi connectivity index (χ3v) is 5.53. The third kappa shape index (κ3) is 6.14. The van der Waals surface area contributed by atoms with Gasteiger partial charge in [-0.3, -0.25) is 14.6 Å². The fourth-order valence-corrected chi connectivity index (χ4v) is 3.70. The second-order valence-electron chi connectivity index (χ2n) is 8.16. The highest BCUT2D eigenvalue weighted by Gasteiger charge is 2.13. The molecule has 0 spiro atoms. The SMILES string of the molecule is COc1cc(CNC(=O)c2cccn(Cc3cccc(C)c3)c2=O)ccc1OCc1ccncc1. The molecule has 0 saturated carbocycles. The van der Waals surface area contributed by atoms with Gasteiger partial charge in [-0.1, -0.05) is 35.9 Å². The second kappa shape index (κ2) is 11.2. The van der Waals surface area contributed by atoms with Gasteiger partial charge in [0.05, 0.1) is 13.7 Å². The van der Waals surface area contributed by atoms with Crippen molar-refractivity contribution >= 4 is 5.91 Å². The van der Waals surface area contributed by atoms with Crippen molar-refractivity contribution in [2.24, 2.45) is 0 Å². The van der Waals surface area contributed by atoms with E-state index in [1.54, 1.807) is 48.5 Å². The summed E-state index contributed by atoms with van der Waals surface area (Å²) in [6.45, 7) is 3.04. The van der Waals surface area contributed by atoms with Crippen LogP contribution in [0.5, 0.6) is 11.5 Å². The Morgan fingerprint density at radius 3 is 2.54 bits per heavy atom. The average molecular weight is 470 g/mol. The minimum absolute atomic E-state index is 0.101. The van der Waals surface area contributed by atoms with Crippen LogP contribution in [0, 0.1) is 6.92 Å². The molecule has 7 nitrogen and oxygen atoms in total. The fourth-order valence-electron chi connectivity index (χ4n) is 3.70. The lowest BCUT2D eigenvalue weighted by molar-refractivity contribution is 0.0948. The monoisotopic (exact) mass is 469 g/mol. The Hall–Kier alpha value is -4.39. The van der Waals surface area contributed by atoms with Crippen molar-refractivity contribution in [3.8, 4) is 11.5 Å². The summed E-state index contributed by atoms with van der Waals surface area (Å²) in [7, 11) is 1.57. The van der Waals surface area contributed by atoms with Crippen molar-refractivity contribution in [1.82, 2.24) is 14.9 Å². The van der Waals surface area contributed by atoms with Crippen LogP contribution in [0.2, 0.25) is 0 Å². The van der Waals surface area contributed by atoms with Crippen LogP contribution in [0.15, 0.2) is 90.1 Å². The quantitative estimate of drug-likeness (QED) is 0.399. The zero-order chi connectivity index (χ0) is 24.6. The predicted molar refractivity (Wildman–Crippen MR) is 134 cm³/mol. The lowest BCUT2D eigenvalue weighted by Crippen LogP contribution is -2.32. The Labute approximate surface area is 204 Å². The highest BCUT2D eigenvalue weighted by atomic mass is 16.5. The molecule has 0 unspecified atom stereocenters. The fraction of sp³-hybridized carbons (Fsp3) is 0.179. The van der Waals surface area contributed by atoms with Crippen LogP contribution in [0.4, 0.5) is 0 Å². The molecule has 0 bridgehead atoms. The first kappa shape index (κ1) is 23.8. The van der Waals surface area contributed by atoms with Crippen LogP contribution in [-0.2, 0) is 19.7 Å². The van der Waals surface area contributed by atoms with Crippen LogP contribution in [-0.4, -0.2) is 22.6 Å². The number of pyridine rings is 2. The van der Waals surface area contributed by atoms with Crippen LogP contribution in [0.3, 0.4) is 0 Å². The molecular formula is C28H27N3O4. The number of aromatic nitrogens is 2. The number of hydrogen-bond donors (Lipinski definition) is 1. The van der Waals surface area contributed by atoms with Crippen molar-refractivity contribution < 1.29 is 14.3 Å². The van der Waals surface area contributed by atoms with Gasteiger partial charge in [0.15, 0.2) is 11.5 Å². The smallest absolute Gasteiger partial charge is 0.263 e. The highest BCUT2D eigenvalue weighted by Crippen LogP contribution is 2.28. The van der Waals surface area contributed by atoms with Gasteiger partial charge in [-0.2, -0.15) is 0 Å². The third-order valence-electron chi connectivity index (χ3n) is 5.53. The normalized spacial score (nSPS) is 10.6. The van der Waals surface area contributed by atoms with E-state index in [0.29, 0.717) is 24.7 Å². The zero-order valence-corrected chi connectivity index (χ0v) is 19.7. The summed E-state index contributed by atoms with van der Waals surface area (Å²) < 4.78 is 12.9. The van der Waals surface area contributed by atoms with E-state index in [2.05, 4.69) is 10.3 Å². The van der Waals surface area contributed by atoms with Gasteiger partial charge in [0.25, 0.3) is 11.5 Å². The number of rotatable bonds is 9. The molecule has 4 rings (SSSR count). The molecule has 2 aromatic heterocycles. The van der Waals surface area contributed by atoms with Crippen LogP contribution in [0.25, 0.3) is 0 Å². The molecule has 35 heavy (non-hydrogen) atoms. The number of carbonyl (C=O) groups is 1. The predicted octanol–water partition coefficient (Wildman–Crippen LogP) is 4.12. The number of methoxy groups -OCH3 is 1. The van der Waals surface area contributed by atoms with Crippen molar-refractivity contribution in [2.45, 2.75) is 26.6 Å². The van der Waals surface area contributed by atoms with Crippen LogP contribution >= 0.6 is 0 Å². The molecule has 0 atom stereocenters. The summed E-state index contributed by atoms with van der Waals surface area (Å²) in [6, 6.07) is 20.4. The number of ether oxygens (including phenoxy) is 2. The lowest BCUT2D eigenvalue weighted by atomic mass is 10.1. The number of hydrogen-bond acceptors (Lipinski definition) is 5. The molecule has 0 saturated heterocycles. The molecule has 178 valence electrons. The largest absolute Gasteiger partial charge is 0.493 e. The number of amides is 1. The van der Waals surface area contributed by atoms with Gasteiger partial charge in [-0.05, 0) is 60.0 Å². The first-order valence-corrected chi connectivity index (χ1v) is 11.3. The first-order valence-electron chi connectivity index (χ1n) is 11.3. The molecule has 7 heteroatoms. The summed E-state index contributed by atoms with van der Waals surface area (Å²) in [5, 5.41) is 2.83. The van der Waals surface area contributed by atoms with Crippen molar-refractivity contribution in [2.75, 3.05) is 7.11 Å². The molecule has 4 aromatic rings. The number of benzene rings is 2. The molecule has 0 aliphatic heterocycles. The summed E-state index contributed by atoms with van der Waals surface area (Å²) in [5.74, 6) is 0.734. The van der Waals surface area contributed by atoms with Crippen molar-refractivity contribution in [3.05, 3.63) is 123 Å². The van der Waals surface area contributed by atoms with Gasteiger partial charge in [0, 0.05) is 25.1 Å². The maximum Gasteiger partial charge on any atom is 0.263 e. The maximum atomic E-state index is 12.9. The number of carbonyl (C=O) groups excluding carboxylic acids is 1. The highest BCUT2D eigenvalue weighted by molar-refractivity contribution is 5.93. The summed E-state index contributed by atoms with van der Waals surface area (Å²) in [6.07, 6.45) is 5.12. The van der Waals surface area contributed by atoms with Gasteiger partial charge in [0.1, 0.15) is 12.2 Å². The van der Waals surface area contributed by atoms with Gasteiger partial charge in [0.2, 0.25) is 0 Å². The van der Waals surface area contributed by atoms with Crippen LogP contribution < -0.4 is 20.3 Å². The Morgan fingerprint density at radius 1 is 0.943 bits per heavy atom. The standard InChI is InChI=1S/C28H27N3O4/c1-20-5-3-6-23(15-20)18-31-14-4-7-24(28(31)33)27(32)30-17-22-8-9-25(26(16-22)34-2)35-19-21-10-12-29-13-11-21/h3-16H,17-19H2,1-2H3,(H,30,32). The Balaban J connectivity index is 1.41. The molecule has 0 aliphatic carbocycles. The molecule has 1 amide bonds. The molecule has 2 aromatic carbocycles. The summed E-state index contributed by atoms with van der Waals surface area (Å²) in [4.78, 5) is 29.7. The number of nitrogens with one attached hydrogen (secondary N) is 1. The zero-order valence-electron chi connectivity index (χ0n) is 19.7. The first-order chi connectivity index (χ1) is 17.0. The number of nitrogens with zero attached hydrogens (tertiary/aromatic N) is 2. The summed E-state index contributed by atoms with van der Waals surface area (Å²) in [5.41, 5.74) is 3.71. The van der Waals surface area contributed by atoms with Gasteiger partial charge < -0.3 is 19.4 Å². The second-order valence-corrected chi connectivity index (χ2v) is 8.16. The van der Waals surface area contributed by atoms with Gasteiger partial charge in [-0.25, -0.2) is 0 Å². The topological polar surface area (TPSA) is 82.5 Å². The van der Waals surface area contributed by atoms with E-state index in [1.807, 2.05) is 55.5 Å². The van der Waals surface area contributed by atoms with E-state index in [1.165, 1.54) is 0 Å². The molecule has 0 fully saturated rings. The molecule has 0 radical (unpaired) electrons. The van der Waals surface area contributed by atoms with Gasteiger partial charge in [-0.15, -0.1) is 0 Å². The Bertz CT molecular complexity index is 1370. The van der Waals surface area contributed by atoms with Crippen molar-refractivity contribution in [3.63, 3.8) is 0 Å². The van der Waals surface area contributed by atoms with E-state index in [0.717, 1.165) is 22.3 Å². The average Bonchev–Trinajstić information content (AvgIpc) is 2.88.